The molecule has 1 nitrogen and oxygen atoms in total. The van der Waals surface area contributed by atoms with Gasteiger partial charge in [-0.1, -0.05) is 42.6 Å². The Morgan fingerprint density at radius 1 is 1.32 bits per heavy atom. The first-order valence-corrected chi connectivity index (χ1v) is 8.52. The summed E-state index contributed by atoms with van der Waals surface area (Å²) in [5.74, 6) is 2.44. The molecule has 1 fully saturated rings. The second kappa shape index (κ2) is 6.53. The lowest BCUT2D eigenvalue weighted by Crippen LogP contribution is -2.27. The molecular weight excluding hydrogens is 320 g/mol. The second-order valence-corrected chi connectivity index (χ2v) is 7.22. The normalized spacial score (nSPS) is 17.9. The average molecular weight is 343 g/mol. The standard InChI is InChI=1S/C16H23BrOS/c1-12(2)14-9-13(17)5-6-15(14)18-10-16(11-19)7-3-4-8-16/h5-6,9,12,19H,3-4,7-8,10-11H2,1-2H3. The molecule has 0 amide bonds. The van der Waals surface area contributed by atoms with Crippen molar-refractivity contribution in [1.82, 2.24) is 0 Å². The summed E-state index contributed by atoms with van der Waals surface area (Å²) in [6.07, 6.45) is 5.15. The maximum Gasteiger partial charge on any atom is 0.122 e. The maximum absolute atomic E-state index is 6.16. The molecule has 0 spiro atoms. The zero-order chi connectivity index (χ0) is 13.9. The van der Waals surface area contributed by atoms with Crippen LogP contribution in [0.4, 0.5) is 0 Å². The van der Waals surface area contributed by atoms with Crippen molar-refractivity contribution in [2.24, 2.45) is 5.41 Å². The SMILES string of the molecule is CC(C)c1cc(Br)ccc1OCC1(CS)CCCC1. The van der Waals surface area contributed by atoms with Crippen LogP contribution in [-0.4, -0.2) is 12.4 Å². The van der Waals surface area contributed by atoms with Gasteiger partial charge in [0.1, 0.15) is 5.75 Å². The predicted molar refractivity (Wildman–Crippen MR) is 88.5 cm³/mol. The predicted octanol–water partition coefficient (Wildman–Crippen LogP) is 5.44. The highest BCUT2D eigenvalue weighted by Crippen LogP contribution is 2.40. The van der Waals surface area contributed by atoms with Gasteiger partial charge in [-0.2, -0.15) is 12.6 Å². The van der Waals surface area contributed by atoms with Gasteiger partial charge in [-0.25, -0.2) is 0 Å². The minimum absolute atomic E-state index is 0.296. The molecule has 106 valence electrons. The maximum atomic E-state index is 6.16. The van der Waals surface area contributed by atoms with Crippen LogP contribution in [0.2, 0.25) is 0 Å². The smallest absolute Gasteiger partial charge is 0.122 e. The lowest BCUT2D eigenvalue weighted by molar-refractivity contribution is 0.171. The molecule has 1 aliphatic carbocycles. The summed E-state index contributed by atoms with van der Waals surface area (Å²) in [4.78, 5) is 0. The highest BCUT2D eigenvalue weighted by molar-refractivity contribution is 9.10. The van der Waals surface area contributed by atoms with Crippen LogP contribution in [0, 0.1) is 5.41 Å². The highest BCUT2D eigenvalue weighted by atomic mass is 79.9. The summed E-state index contributed by atoms with van der Waals surface area (Å²) < 4.78 is 7.28. The fourth-order valence-electron chi connectivity index (χ4n) is 2.81. The summed E-state index contributed by atoms with van der Waals surface area (Å²) in [5, 5.41) is 0. The Kier molecular flexibility index (Phi) is 5.24. The van der Waals surface area contributed by atoms with Crippen LogP contribution in [0.3, 0.4) is 0 Å². The summed E-state index contributed by atoms with van der Waals surface area (Å²) in [6.45, 7) is 5.22. The first-order chi connectivity index (χ1) is 9.06. The summed E-state index contributed by atoms with van der Waals surface area (Å²) >= 11 is 8.08. The zero-order valence-corrected chi connectivity index (χ0v) is 14.3. The van der Waals surface area contributed by atoms with E-state index in [1.54, 1.807) is 0 Å². The fraction of sp³-hybridized carbons (Fsp3) is 0.625. The van der Waals surface area contributed by atoms with E-state index in [2.05, 4.69) is 60.6 Å². The van der Waals surface area contributed by atoms with E-state index in [4.69, 9.17) is 4.74 Å². The van der Waals surface area contributed by atoms with Crippen molar-refractivity contribution in [3.8, 4) is 5.75 Å². The number of halogens is 1. The Morgan fingerprint density at radius 2 is 2.00 bits per heavy atom. The Hall–Kier alpha value is -0.150. The van der Waals surface area contributed by atoms with Gasteiger partial charge in [0, 0.05) is 9.89 Å². The van der Waals surface area contributed by atoms with E-state index < -0.39 is 0 Å². The number of hydrogen-bond acceptors (Lipinski definition) is 2. The molecule has 2 rings (SSSR count). The monoisotopic (exact) mass is 342 g/mol. The van der Waals surface area contributed by atoms with Crippen molar-refractivity contribution < 1.29 is 4.74 Å². The van der Waals surface area contributed by atoms with Crippen molar-refractivity contribution in [3.63, 3.8) is 0 Å². The fourth-order valence-corrected chi connectivity index (χ4v) is 3.59. The van der Waals surface area contributed by atoms with Gasteiger partial charge in [-0.05, 0) is 48.3 Å². The van der Waals surface area contributed by atoms with Gasteiger partial charge in [-0.3, -0.25) is 0 Å². The molecule has 0 aromatic heterocycles. The Labute approximate surface area is 130 Å². The lowest BCUT2D eigenvalue weighted by Gasteiger charge is -2.27. The van der Waals surface area contributed by atoms with Crippen LogP contribution in [0.15, 0.2) is 22.7 Å². The molecule has 19 heavy (non-hydrogen) atoms. The molecule has 0 bridgehead atoms. The van der Waals surface area contributed by atoms with Gasteiger partial charge >= 0.3 is 0 Å². The van der Waals surface area contributed by atoms with Crippen LogP contribution >= 0.6 is 28.6 Å². The van der Waals surface area contributed by atoms with Gasteiger partial charge in [0.25, 0.3) is 0 Å². The molecule has 3 heteroatoms. The molecule has 0 N–H and O–H groups in total. The third kappa shape index (κ3) is 3.69. The topological polar surface area (TPSA) is 9.23 Å². The van der Waals surface area contributed by atoms with Crippen LogP contribution in [-0.2, 0) is 0 Å². The first-order valence-electron chi connectivity index (χ1n) is 7.09. The van der Waals surface area contributed by atoms with Crippen LogP contribution in [0.25, 0.3) is 0 Å². The number of ether oxygens (including phenoxy) is 1. The van der Waals surface area contributed by atoms with Crippen molar-refractivity contribution in [3.05, 3.63) is 28.2 Å². The molecule has 0 aliphatic heterocycles. The van der Waals surface area contributed by atoms with E-state index in [1.807, 2.05) is 0 Å². The second-order valence-electron chi connectivity index (χ2n) is 5.99. The molecule has 1 aliphatic rings. The van der Waals surface area contributed by atoms with E-state index in [0.717, 1.165) is 22.6 Å². The van der Waals surface area contributed by atoms with E-state index in [9.17, 15) is 0 Å². The number of rotatable bonds is 5. The van der Waals surface area contributed by atoms with Gasteiger partial charge < -0.3 is 4.74 Å². The van der Waals surface area contributed by atoms with Crippen LogP contribution in [0.1, 0.15) is 51.0 Å². The van der Waals surface area contributed by atoms with E-state index in [1.165, 1.54) is 31.2 Å². The van der Waals surface area contributed by atoms with Crippen molar-refractivity contribution in [2.75, 3.05) is 12.4 Å². The summed E-state index contributed by atoms with van der Waals surface area (Å²) in [6, 6.07) is 6.31. The lowest BCUT2D eigenvalue weighted by atomic mass is 9.90. The zero-order valence-electron chi connectivity index (χ0n) is 11.8. The molecule has 1 aromatic carbocycles. The van der Waals surface area contributed by atoms with Crippen molar-refractivity contribution in [2.45, 2.75) is 45.4 Å². The third-order valence-electron chi connectivity index (χ3n) is 4.13. The molecule has 0 saturated heterocycles. The van der Waals surface area contributed by atoms with Gasteiger partial charge in [0.2, 0.25) is 0 Å². The van der Waals surface area contributed by atoms with Gasteiger partial charge in [-0.15, -0.1) is 0 Å². The Balaban J connectivity index is 2.10. The van der Waals surface area contributed by atoms with Gasteiger partial charge in [0.05, 0.1) is 6.61 Å². The summed E-state index contributed by atoms with van der Waals surface area (Å²) in [7, 11) is 0. The molecule has 0 heterocycles. The van der Waals surface area contributed by atoms with E-state index in [0.29, 0.717) is 11.3 Å². The minimum Gasteiger partial charge on any atom is -0.493 e. The third-order valence-corrected chi connectivity index (χ3v) is 5.29. The molecule has 0 radical (unpaired) electrons. The number of hydrogen-bond donors (Lipinski definition) is 1. The van der Waals surface area contributed by atoms with Crippen molar-refractivity contribution in [1.29, 1.82) is 0 Å². The Morgan fingerprint density at radius 3 is 2.58 bits per heavy atom. The number of benzene rings is 1. The molecule has 0 unspecified atom stereocenters. The van der Waals surface area contributed by atoms with Crippen LogP contribution in [0.5, 0.6) is 5.75 Å². The van der Waals surface area contributed by atoms with E-state index in [-0.39, 0.29) is 0 Å². The molecular formula is C16H23BrOS. The van der Waals surface area contributed by atoms with Crippen LogP contribution < -0.4 is 4.74 Å². The largest absolute Gasteiger partial charge is 0.493 e. The first kappa shape index (κ1) is 15.2. The van der Waals surface area contributed by atoms with Crippen molar-refractivity contribution >= 4 is 28.6 Å². The quantitative estimate of drug-likeness (QED) is 0.700. The highest BCUT2D eigenvalue weighted by Gasteiger charge is 2.33. The summed E-state index contributed by atoms with van der Waals surface area (Å²) in [5.41, 5.74) is 1.58. The van der Waals surface area contributed by atoms with E-state index >= 15 is 0 Å². The molecule has 0 atom stereocenters. The van der Waals surface area contributed by atoms with Gasteiger partial charge in [0.15, 0.2) is 0 Å². The minimum atomic E-state index is 0.296. The molecule has 1 saturated carbocycles. The molecule has 1 aromatic rings. The number of thiol groups is 1. The Bertz CT molecular complexity index is 425. The average Bonchev–Trinajstić information content (AvgIpc) is 2.86.